The normalized spacial score (nSPS) is 13.2. The summed E-state index contributed by atoms with van der Waals surface area (Å²) in [5.74, 6) is -0.0587. The Morgan fingerprint density at radius 3 is 2.55 bits per heavy atom. The van der Waals surface area contributed by atoms with Crippen LogP contribution >= 0.6 is 0 Å². The number of hydrogen-bond acceptors (Lipinski definition) is 3. The number of likely N-dealkylation sites (N-methyl/N-ethyl adjacent to an activating group) is 1. The highest BCUT2D eigenvalue weighted by molar-refractivity contribution is 5.78. The first kappa shape index (κ1) is 10.4. The monoisotopic (exact) mass is 160 g/mol. The molecule has 4 nitrogen and oxygen atoms in total. The van der Waals surface area contributed by atoms with E-state index in [0.717, 1.165) is 0 Å². The molecule has 0 heterocycles. The molecule has 0 fully saturated rings. The second-order valence-corrected chi connectivity index (χ2v) is 2.89. The third-order valence-electron chi connectivity index (χ3n) is 1.14. The molecule has 0 radical (unpaired) electrons. The molecule has 2 N–H and O–H groups in total. The highest BCUT2D eigenvalue weighted by Crippen LogP contribution is 1.80. The fraction of sp³-hybridized carbons (Fsp3) is 0.857. The second kappa shape index (κ2) is 5.09. The minimum atomic E-state index is -0.151. The maximum absolute atomic E-state index is 11.0. The molecular weight excluding hydrogens is 144 g/mol. The van der Waals surface area contributed by atoms with Gasteiger partial charge in [0, 0.05) is 6.04 Å². The number of carbonyl (C=O) groups is 1. The SMILES string of the molecule is C[C@@H](CO)NC(=O)CN(C)C. The van der Waals surface area contributed by atoms with Gasteiger partial charge in [-0.3, -0.25) is 4.79 Å². The summed E-state index contributed by atoms with van der Waals surface area (Å²) in [6.45, 7) is 2.11. The van der Waals surface area contributed by atoms with Gasteiger partial charge in [-0.25, -0.2) is 0 Å². The summed E-state index contributed by atoms with van der Waals surface area (Å²) >= 11 is 0. The molecule has 0 aliphatic carbocycles. The predicted octanol–water partition coefficient (Wildman–Crippen LogP) is -0.955. The number of aliphatic hydroxyl groups excluding tert-OH is 1. The molecule has 0 spiro atoms. The van der Waals surface area contributed by atoms with E-state index < -0.39 is 0 Å². The lowest BCUT2D eigenvalue weighted by Crippen LogP contribution is -2.40. The summed E-state index contributed by atoms with van der Waals surface area (Å²) in [7, 11) is 3.65. The topological polar surface area (TPSA) is 52.6 Å². The molecule has 0 aliphatic rings. The Morgan fingerprint density at radius 2 is 2.18 bits per heavy atom. The molecule has 0 saturated carbocycles. The van der Waals surface area contributed by atoms with E-state index in [9.17, 15) is 4.79 Å². The first-order valence-corrected chi connectivity index (χ1v) is 3.61. The van der Waals surface area contributed by atoms with Gasteiger partial charge in [-0.15, -0.1) is 0 Å². The van der Waals surface area contributed by atoms with Crippen molar-refractivity contribution >= 4 is 5.91 Å². The lowest BCUT2D eigenvalue weighted by Gasteiger charge is -2.13. The van der Waals surface area contributed by atoms with E-state index in [1.807, 2.05) is 14.1 Å². The molecule has 0 aromatic heterocycles. The maximum Gasteiger partial charge on any atom is 0.234 e. The molecule has 0 aliphatic heterocycles. The van der Waals surface area contributed by atoms with Crippen molar-refractivity contribution in [3.8, 4) is 0 Å². The number of aliphatic hydroxyl groups is 1. The van der Waals surface area contributed by atoms with Crippen LogP contribution < -0.4 is 5.32 Å². The van der Waals surface area contributed by atoms with E-state index in [0.29, 0.717) is 6.54 Å². The number of hydrogen-bond donors (Lipinski definition) is 2. The van der Waals surface area contributed by atoms with Gasteiger partial charge in [0.05, 0.1) is 13.2 Å². The van der Waals surface area contributed by atoms with Crippen LogP contribution in [0.15, 0.2) is 0 Å². The largest absolute Gasteiger partial charge is 0.394 e. The Balaban J connectivity index is 3.52. The van der Waals surface area contributed by atoms with E-state index >= 15 is 0 Å². The number of amides is 1. The van der Waals surface area contributed by atoms with E-state index in [4.69, 9.17) is 5.11 Å². The lowest BCUT2D eigenvalue weighted by molar-refractivity contribution is -0.122. The minimum Gasteiger partial charge on any atom is -0.394 e. The summed E-state index contributed by atoms with van der Waals surface area (Å²) in [4.78, 5) is 12.7. The van der Waals surface area contributed by atoms with Crippen molar-refractivity contribution in [2.24, 2.45) is 0 Å². The summed E-state index contributed by atoms with van der Waals surface area (Å²) in [5, 5.41) is 11.2. The van der Waals surface area contributed by atoms with Crippen LogP contribution in [0.4, 0.5) is 0 Å². The zero-order chi connectivity index (χ0) is 8.85. The first-order valence-electron chi connectivity index (χ1n) is 3.61. The summed E-state index contributed by atoms with van der Waals surface area (Å²) in [6.07, 6.45) is 0. The molecule has 0 aromatic carbocycles. The summed E-state index contributed by atoms with van der Waals surface area (Å²) in [6, 6.07) is -0.151. The fourth-order valence-corrected chi connectivity index (χ4v) is 0.653. The van der Waals surface area contributed by atoms with Gasteiger partial charge >= 0.3 is 0 Å². The second-order valence-electron chi connectivity index (χ2n) is 2.89. The number of rotatable bonds is 4. The zero-order valence-electron chi connectivity index (χ0n) is 7.29. The van der Waals surface area contributed by atoms with Gasteiger partial charge in [-0.2, -0.15) is 0 Å². The first-order chi connectivity index (χ1) is 5.06. The molecule has 1 amide bonds. The van der Waals surface area contributed by atoms with Gasteiger partial charge < -0.3 is 15.3 Å². The van der Waals surface area contributed by atoms with Crippen molar-refractivity contribution in [1.82, 2.24) is 10.2 Å². The fourth-order valence-electron chi connectivity index (χ4n) is 0.653. The van der Waals surface area contributed by atoms with Crippen LogP contribution in [0, 0.1) is 0 Å². The molecule has 11 heavy (non-hydrogen) atoms. The minimum absolute atomic E-state index is 0.0147. The highest BCUT2D eigenvalue weighted by Gasteiger charge is 2.05. The quantitative estimate of drug-likeness (QED) is 0.557. The van der Waals surface area contributed by atoms with Crippen LogP contribution in [-0.2, 0) is 4.79 Å². The van der Waals surface area contributed by atoms with Gasteiger partial charge in [0.15, 0.2) is 0 Å². The molecule has 0 saturated heterocycles. The van der Waals surface area contributed by atoms with Crippen molar-refractivity contribution in [1.29, 1.82) is 0 Å². The average Bonchev–Trinajstić information content (AvgIpc) is 1.85. The van der Waals surface area contributed by atoms with Crippen molar-refractivity contribution < 1.29 is 9.90 Å². The van der Waals surface area contributed by atoms with E-state index in [1.54, 1.807) is 11.8 Å². The Hall–Kier alpha value is -0.610. The third-order valence-corrected chi connectivity index (χ3v) is 1.14. The Morgan fingerprint density at radius 1 is 1.64 bits per heavy atom. The standard InChI is InChI=1S/C7H16N2O2/c1-6(5-10)8-7(11)4-9(2)3/h6,10H,4-5H2,1-3H3,(H,8,11)/t6-/m0/s1. The predicted molar refractivity (Wildman–Crippen MR) is 43.2 cm³/mol. The molecule has 0 unspecified atom stereocenters. The maximum atomic E-state index is 11.0. The van der Waals surface area contributed by atoms with Crippen LogP contribution in [0.25, 0.3) is 0 Å². The van der Waals surface area contributed by atoms with Gasteiger partial charge in [0.25, 0.3) is 0 Å². The molecule has 0 rings (SSSR count). The van der Waals surface area contributed by atoms with Crippen molar-refractivity contribution in [3.05, 3.63) is 0 Å². The zero-order valence-corrected chi connectivity index (χ0v) is 7.29. The summed E-state index contributed by atoms with van der Waals surface area (Å²) < 4.78 is 0. The van der Waals surface area contributed by atoms with Gasteiger partial charge in [0.2, 0.25) is 5.91 Å². The van der Waals surface area contributed by atoms with Crippen molar-refractivity contribution in [3.63, 3.8) is 0 Å². The lowest BCUT2D eigenvalue weighted by atomic mass is 10.3. The van der Waals surface area contributed by atoms with Crippen molar-refractivity contribution in [2.45, 2.75) is 13.0 Å². The van der Waals surface area contributed by atoms with Crippen LogP contribution in [0.1, 0.15) is 6.92 Å². The van der Waals surface area contributed by atoms with Crippen LogP contribution in [0.5, 0.6) is 0 Å². The molecule has 66 valence electrons. The Kier molecular flexibility index (Phi) is 4.81. The van der Waals surface area contributed by atoms with E-state index in [2.05, 4.69) is 5.32 Å². The summed E-state index contributed by atoms with van der Waals surface area (Å²) in [5.41, 5.74) is 0. The molecule has 0 bridgehead atoms. The van der Waals surface area contributed by atoms with Gasteiger partial charge in [0.1, 0.15) is 0 Å². The van der Waals surface area contributed by atoms with Gasteiger partial charge in [-0.1, -0.05) is 0 Å². The van der Waals surface area contributed by atoms with E-state index in [-0.39, 0.29) is 18.6 Å². The van der Waals surface area contributed by atoms with E-state index in [1.165, 1.54) is 0 Å². The van der Waals surface area contributed by atoms with Crippen molar-refractivity contribution in [2.75, 3.05) is 27.2 Å². The number of nitrogens with one attached hydrogen (secondary N) is 1. The van der Waals surface area contributed by atoms with Gasteiger partial charge in [-0.05, 0) is 21.0 Å². The smallest absolute Gasteiger partial charge is 0.234 e. The Bertz CT molecular complexity index is 126. The Labute approximate surface area is 67.2 Å². The highest BCUT2D eigenvalue weighted by atomic mass is 16.3. The number of nitrogens with zero attached hydrogens (tertiary/aromatic N) is 1. The van der Waals surface area contributed by atoms with Crippen LogP contribution in [0.3, 0.4) is 0 Å². The van der Waals surface area contributed by atoms with Crippen LogP contribution in [-0.4, -0.2) is 49.2 Å². The molecule has 0 aromatic rings. The molecule has 1 atom stereocenters. The molecule has 4 heteroatoms. The molecular formula is C7H16N2O2. The van der Waals surface area contributed by atoms with Crippen LogP contribution in [0.2, 0.25) is 0 Å². The third kappa shape index (κ3) is 5.82. The average molecular weight is 160 g/mol. The number of carbonyl (C=O) groups excluding carboxylic acids is 1.